The SMILES string of the molecule is Cc1ccc(C)c(-n2nc(C(=O)Nc3ccccc3)nc2-c2ccc(Br)cc2)c1. The highest BCUT2D eigenvalue weighted by atomic mass is 79.9. The number of para-hydroxylation sites is 1. The second-order valence-corrected chi connectivity index (χ2v) is 7.70. The lowest BCUT2D eigenvalue weighted by atomic mass is 10.1. The van der Waals surface area contributed by atoms with Gasteiger partial charge >= 0.3 is 0 Å². The zero-order valence-corrected chi connectivity index (χ0v) is 17.6. The van der Waals surface area contributed by atoms with Gasteiger partial charge in [0, 0.05) is 15.7 Å². The van der Waals surface area contributed by atoms with Crippen LogP contribution in [0.15, 0.2) is 77.3 Å². The van der Waals surface area contributed by atoms with E-state index in [-0.39, 0.29) is 11.7 Å². The van der Waals surface area contributed by atoms with Crippen molar-refractivity contribution in [2.75, 3.05) is 5.32 Å². The molecule has 0 aliphatic heterocycles. The number of benzene rings is 3. The van der Waals surface area contributed by atoms with Gasteiger partial charge in [-0.1, -0.05) is 58.4 Å². The molecule has 0 saturated heterocycles. The predicted molar refractivity (Wildman–Crippen MR) is 118 cm³/mol. The third kappa shape index (κ3) is 4.12. The summed E-state index contributed by atoms with van der Waals surface area (Å²) >= 11 is 3.46. The van der Waals surface area contributed by atoms with E-state index in [1.54, 1.807) is 4.68 Å². The van der Waals surface area contributed by atoms with Gasteiger partial charge in [-0.15, -0.1) is 5.10 Å². The molecule has 0 bridgehead atoms. The van der Waals surface area contributed by atoms with Gasteiger partial charge in [-0.05, 0) is 55.3 Å². The first-order valence-electron chi connectivity index (χ1n) is 9.18. The van der Waals surface area contributed by atoms with E-state index < -0.39 is 0 Å². The zero-order chi connectivity index (χ0) is 20.4. The van der Waals surface area contributed by atoms with E-state index in [1.165, 1.54) is 0 Å². The molecule has 5 nitrogen and oxygen atoms in total. The van der Waals surface area contributed by atoms with Crippen molar-refractivity contribution in [1.29, 1.82) is 0 Å². The van der Waals surface area contributed by atoms with Gasteiger partial charge in [0.25, 0.3) is 5.91 Å². The van der Waals surface area contributed by atoms with E-state index in [9.17, 15) is 4.79 Å². The lowest BCUT2D eigenvalue weighted by Gasteiger charge is -2.10. The number of carbonyl (C=O) groups excluding carboxylic acids is 1. The average Bonchev–Trinajstić information content (AvgIpc) is 3.16. The number of anilines is 1. The molecular weight excluding hydrogens is 428 g/mol. The summed E-state index contributed by atoms with van der Waals surface area (Å²) in [7, 11) is 0. The van der Waals surface area contributed by atoms with Gasteiger partial charge in [0.05, 0.1) is 5.69 Å². The summed E-state index contributed by atoms with van der Waals surface area (Å²) in [5, 5.41) is 7.41. The Kier molecular flexibility index (Phi) is 5.27. The molecule has 0 radical (unpaired) electrons. The summed E-state index contributed by atoms with van der Waals surface area (Å²) in [5.41, 5.74) is 4.63. The normalized spacial score (nSPS) is 10.7. The second-order valence-electron chi connectivity index (χ2n) is 6.79. The number of halogens is 1. The number of nitrogens with one attached hydrogen (secondary N) is 1. The Labute approximate surface area is 177 Å². The molecule has 0 aliphatic rings. The molecule has 0 aliphatic carbocycles. The Bertz CT molecular complexity index is 1170. The van der Waals surface area contributed by atoms with Crippen molar-refractivity contribution in [2.24, 2.45) is 0 Å². The Morgan fingerprint density at radius 3 is 2.41 bits per heavy atom. The van der Waals surface area contributed by atoms with Crippen molar-refractivity contribution in [3.8, 4) is 17.1 Å². The number of carbonyl (C=O) groups is 1. The maximum atomic E-state index is 12.8. The first-order chi connectivity index (χ1) is 14.0. The predicted octanol–water partition coefficient (Wildman–Crippen LogP) is 5.57. The molecule has 144 valence electrons. The summed E-state index contributed by atoms with van der Waals surface area (Å²) in [4.78, 5) is 17.4. The largest absolute Gasteiger partial charge is 0.319 e. The number of rotatable bonds is 4. The quantitative estimate of drug-likeness (QED) is 0.445. The van der Waals surface area contributed by atoms with Crippen LogP contribution in [0.25, 0.3) is 17.1 Å². The van der Waals surface area contributed by atoms with E-state index >= 15 is 0 Å². The average molecular weight is 447 g/mol. The molecule has 0 unspecified atom stereocenters. The molecule has 1 N–H and O–H groups in total. The summed E-state index contributed by atoms with van der Waals surface area (Å²) in [6, 6.07) is 23.2. The third-order valence-electron chi connectivity index (χ3n) is 4.54. The topological polar surface area (TPSA) is 59.8 Å². The monoisotopic (exact) mass is 446 g/mol. The smallest absolute Gasteiger partial charge is 0.295 e. The fraction of sp³-hybridized carbons (Fsp3) is 0.0870. The van der Waals surface area contributed by atoms with E-state index in [1.807, 2.05) is 80.6 Å². The summed E-state index contributed by atoms with van der Waals surface area (Å²) in [5.74, 6) is 0.385. The molecule has 4 rings (SSSR count). The molecular formula is C23H19BrN4O. The number of amides is 1. The highest BCUT2D eigenvalue weighted by Crippen LogP contribution is 2.25. The van der Waals surface area contributed by atoms with Gasteiger partial charge in [-0.25, -0.2) is 9.67 Å². The molecule has 3 aromatic carbocycles. The van der Waals surface area contributed by atoms with Crippen molar-refractivity contribution in [2.45, 2.75) is 13.8 Å². The van der Waals surface area contributed by atoms with Crippen molar-refractivity contribution < 1.29 is 4.79 Å². The third-order valence-corrected chi connectivity index (χ3v) is 5.07. The van der Waals surface area contributed by atoms with Crippen molar-refractivity contribution in [1.82, 2.24) is 14.8 Å². The van der Waals surface area contributed by atoms with Crippen LogP contribution < -0.4 is 5.32 Å². The van der Waals surface area contributed by atoms with Gasteiger partial charge in [-0.3, -0.25) is 4.79 Å². The number of aromatic nitrogens is 3. The van der Waals surface area contributed by atoms with Crippen LogP contribution in [-0.4, -0.2) is 20.7 Å². The highest BCUT2D eigenvalue weighted by Gasteiger charge is 2.20. The van der Waals surface area contributed by atoms with Crippen LogP contribution in [0.3, 0.4) is 0 Å². The summed E-state index contributed by atoms with van der Waals surface area (Å²) < 4.78 is 2.71. The Hall–Kier alpha value is -3.25. The molecule has 0 atom stereocenters. The minimum absolute atomic E-state index is 0.118. The molecule has 4 aromatic rings. The molecule has 1 amide bonds. The van der Waals surface area contributed by atoms with Crippen LogP contribution in [0.1, 0.15) is 21.7 Å². The number of hydrogen-bond acceptors (Lipinski definition) is 3. The lowest BCUT2D eigenvalue weighted by molar-refractivity contribution is 0.101. The minimum Gasteiger partial charge on any atom is -0.319 e. The zero-order valence-electron chi connectivity index (χ0n) is 16.1. The number of hydrogen-bond donors (Lipinski definition) is 1. The minimum atomic E-state index is -0.349. The van der Waals surface area contributed by atoms with E-state index in [0.29, 0.717) is 11.5 Å². The molecule has 1 aromatic heterocycles. The van der Waals surface area contributed by atoms with Gasteiger partial charge in [-0.2, -0.15) is 0 Å². The van der Waals surface area contributed by atoms with Crippen molar-refractivity contribution in [3.05, 3.63) is 94.2 Å². The van der Waals surface area contributed by atoms with Crippen LogP contribution in [0, 0.1) is 13.8 Å². The molecule has 0 spiro atoms. The van der Waals surface area contributed by atoms with Crippen LogP contribution in [0.2, 0.25) is 0 Å². The van der Waals surface area contributed by atoms with Gasteiger partial charge in [0.2, 0.25) is 5.82 Å². The van der Waals surface area contributed by atoms with Crippen LogP contribution >= 0.6 is 15.9 Å². The first kappa shape index (κ1) is 19.1. The molecule has 29 heavy (non-hydrogen) atoms. The Morgan fingerprint density at radius 2 is 1.69 bits per heavy atom. The standard InChI is InChI=1S/C23H19BrN4O/c1-15-8-9-16(2)20(14-15)28-22(17-10-12-18(24)13-11-17)26-21(27-28)23(29)25-19-6-4-3-5-7-19/h3-14H,1-2H3,(H,25,29). The number of aryl methyl sites for hydroxylation is 2. The lowest BCUT2D eigenvalue weighted by Crippen LogP contribution is -2.14. The van der Waals surface area contributed by atoms with Gasteiger partial charge in [0.1, 0.15) is 0 Å². The maximum Gasteiger partial charge on any atom is 0.295 e. The molecule has 0 saturated carbocycles. The number of nitrogens with zero attached hydrogens (tertiary/aromatic N) is 3. The first-order valence-corrected chi connectivity index (χ1v) is 9.97. The molecule has 6 heteroatoms. The molecule has 0 fully saturated rings. The van der Waals surface area contributed by atoms with Crippen LogP contribution in [0.4, 0.5) is 5.69 Å². The van der Waals surface area contributed by atoms with E-state index in [0.717, 1.165) is 26.9 Å². The van der Waals surface area contributed by atoms with Gasteiger partial charge in [0.15, 0.2) is 5.82 Å². The molecule has 1 heterocycles. The van der Waals surface area contributed by atoms with Crippen LogP contribution in [-0.2, 0) is 0 Å². The van der Waals surface area contributed by atoms with Crippen molar-refractivity contribution in [3.63, 3.8) is 0 Å². The Balaban J connectivity index is 1.81. The van der Waals surface area contributed by atoms with E-state index in [2.05, 4.69) is 37.4 Å². The maximum absolute atomic E-state index is 12.8. The fourth-order valence-electron chi connectivity index (χ4n) is 3.02. The van der Waals surface area contributed by atoms with Crippen LogP contribution in [0.5, 0.6) is 0 Å². The summed E-state index contributed by atoms with van der Waals surface area (Å²) in [6.07, 6.45) is 0. The fourth-order valence-corrected chi connectivity index (χ4v) is 3.28. The van der Waals surface area contributed by atoms with Crippen molar-refractivity contribution >= 4 is 27.5 Å². The Morgan fingerprint density at radius 1 is 0.966 bits per heavy atom. The highest BCUT2D eigenvalue weighted by molar-refractivity contribution is 9.10. The van der Waals surface area contributed by atoms with E-state index in [4.69, 9.17) is 0 Å². The second kappa shape index (κ2) is 8.01. The summed E-state index contributed by atoms with van der Waals surface area (Å²) in [6.45, 7) is 4.05. The van der Waals surface area contributed by atoms with Gasteiger partial charge < -0.3 is 5.32 Å².